The van der Waals surface area contributed by atoms with E-state index in [4.69, 9.17) is 0 Å². The van der Waals surface area contributed by atoms with E-state index < -0.39 is 18.1 Å². The molecule has 0 aromatic rings. The summed E-state index contributed by atoms with van der Waals surface area (Å²) < 4.78 is 37.7. The predicted octanol–water partition coefficient (Wildman–Crippen LogP) is 2.12. The molecule has 0 radical (unpaired) electrons. The smallest absolute Gasteiger partial charge is 0.273 e. The number of hydrogen-bond donors (Lipinski definition) is 1. The summed E-state index contributed by atoms with van der Waals surface area (Å²) in [5, 5.41) is 2.79. The number of alkyl halides is 3. The van der Waals surface area contributed by atoms with Crippen LogP contribution in [0.25, 0.3) is 0 Å². The Kier molecular flexibility index (Phi) is 2.99. The van der Waals surface area contributed by atoms with Crippen molar-refractivity contribution >= 4 is 0 Å². The van der Waals surface area contributed by atoms with Crippen molar-refractivity contribution in [2.24, 2.45) is 0 Å². The molecule has 1 saturated heterocycles. The Morgan fingerprint density at radius 2 is 2.08 bits per heavy atom. The highest BCUT2D eigenvalue weighted by Crippen LogP contribution is 2.28. The van der Waals surface area contributed by atoms with Crippen LogP contribution in [0.5, 0.6) is 0 Å². The van der Waals surface area contributed by atoms with Gasteiger partial charge in [0.1, 0.15) is 0 Å². The summed E-state index contributed by atoms with van der Waals surface area (Å²) >= 11 is 0. The van der Waals surface area contributed by atoms with Crippen molar-refractivity contribution in [3.63, 3.8) is 0 Å². The number of rotatable bonds is 2. The molecule has 0 spiro atoms. The van der Waals surface area contributed by atoms with Gasteiger partial charge < -0.3 is 5.32 Å². The Hall–Kier alpha value is -0.250. The third-order valence-corrected chi connectivity index (χ3v) is 2.42. The summed E-state index contributed by atoms with van der Waals surface area (Å²) in [4.78, 5) is 0. The van der Waals surface area contributed by atoms with Crippen molar-refractivity contribution in [2.75, 3.05) is 6.54 Å². The molecule has 1 aliphatic heterocycles. The number of halogens is 3. The van der Waals surface area contributed by atoms with E-state index in [1.54, 1.807) is 0 Å². The standard InChI is InChI=1S/C8H14F3N/c1-8(11,7(9)10)6-4-2-3-5-12-6/h6-7,12H,2-5H2,1H3. The fourth-order valence-corrected chi connectivity index (χ4v) is 1.49. The SMILES string of the molecule is CC(F)(C(F)F)C1CCCCN1. The average molecular weight is 181 g/mol. The van der Waals surface area contributed by atoms with E-state index in [2.05, 4.69) is 5.32 Å². The lowest BCUT2D eigenvalue weighted by atomic mass is 9.91. The fraction of sp³-hybridized carbons (Fsp3) is 1.00. The van der Waals surface area contributed by atoms with Gasteiger partial charge in [0.25, 0.3) is 6.43 Å². The van der Waals surface area contributed by atoms with Crippen LogP contribution in [0.3, 0.4) is 0 Å². The maximum Gasteiger partial charge on any atom is 0.273 e. The van der Waals surface area contributed by atoms with E-state index in [9.17, 15) is 13.2 Å². The monoisotopic (exact) mass is 181 g/mol. The fourth-order valence-electron chi connectivity index (χ4n) is 1.49. The van der Waals surface area contributed by atoms with Gasteiger partial charge in [-0.1, -0.05) is 6.42 Å². The van der Waals surface area contributed by atoms with E-state index in [1.807, 2.05) is 0 Å². The largest absolute Gasteiger partial charge is 0.311 e. The van der Waals surface area contributed by atoms with Crippen LogP contribution in [-0.4, -0.2) is 24.7 Å². The Labute approximate surface area is 70.3 Å². The van der Waals surface area contributed by atoms with Crippen molar-refractivity contribution in [2.45, 2.75) is 44.3 Å². The third kappa shape index (κ3) is 1.91. The second kappa shape index (κ2) is 3.64. The minimum absolute atomic E-state index is 0.511. The van der Waals surface area contributed by atoms with Gasteiger partial charge in [0.15, 0.2) is 5.67 Å². The third-order valence-electron chi connectivity index (χ3n) is 2.42. The van der Waals surface area contributed by atoms with Crippen molar-refractivity contribution in [1.29, 1.82) is 0 Å². The Bertz CT molecular complexity index is 141. The normalized spacial score (nSPS) is 30.2. The maximum atomic E-state index is 13.3. The molecule has 0 bridgehead atoms. The van der Waals surface area contributed by atoms with Gasteiger partial charge in [-0.05, 0) is 26.3 Å². The van der Waals surface area contributed by atoms with Gasteiger partial charge in [-0.25, -0.2) is 13.2 Å². The Morgan fingerprint density at radius 3 is 2.50 bits per heavy atom. The average Bonchev–Trinajstić information content (AvgIpc) is 2.06. The lowest BCUT2D eigenvalue weighted by molar-refractivity contribution is -0.0514. The van der Waals surface area contributed by atoms with Crippen molar-refractivity contribution in [3.8, 4) is 0 Å². The molecule has 1 N–H and O–H groups in total. The molecule has 4 heteroatoms. The van der Waals surface area contributed by atoms with Crippen LogP contribution < -0.4 is 5.32 Å². The molecular formula is C8H14F3N. The summed E-state index contributed by atoms with van der Waals surface area (Å²) in [5.74, 6) is 0. The molecule has 1 nitrogen and oxygen atoms in total. The lowest BCUT2D eigenvalue weighted by Gasteiger charge is -2.33. The Balaban J connectivity index is 2.53. The van der Waals surface area contributed by atoms with Gasteiger partial charge in [-0.3, -0.25) is 0 Å². The topological polar surface area (TPSA) is 12.0 Å². The first-order chi connectivity index (χ1) is 5.55. The van der Waals surface area contributed by atoms with Gasteiger partial charge in [-0.2, -0.15) is 0 Å². The molecule has 0 aromatic carbocycles. The summed E-state index contributed by atoms with van der Waals surface area (Å²) in [7, 11) is 0. The summed E-state index contributed by atoms with van der Waals surface area (Å²) in [6, 6.07) is -0.675. The predicted molar refractivity (Wildman–Crippen MR) is 41.2 cm³/mol. The molecule has 0 saturated carbocycles. The van der Waals surface area contributed by atoms with Crippen LogP contribution in [0.2, 0.25) is 0 Å². The van der Waals surface area contributed by atoms with Gasteiger partial charge in [0.2, 0.25) is 0 Å². The van der Waals surface area contributed by atoms with E-state index in [0.29, 0.717) is 13.0 Å². The first-order valence-electron chi connectivity index (χ1n) is 4.25. The van der Waals surface area contributed by atoms with E-state index in [1.165, 1.54) is 0 Å². The summed E-state index contributed by atoms with van der Waals surface area (Å²) in [6.07, 6.45) is -0.593. The number of nitrogens with one attached hydrogen (secondary N) is 1. The highest BCUT2D eigenvalue weighted by atomic mass is 19.3. The van der Waals surface area contributed by atoms with Crippen molar-refractivity contribution in [3.05, 3.63) is 0 Å². The molecular weight excluding hydrogens is 167 g/mol. The maximum absolute atomic E-state index is 13.3. The quantitative estimate of drug-likeness (QED) is 0.688. The highest BCUT2D eigenvalue weighted by Gasteiger charge is 2.43. The first kappa shape index (κ1) is 9.84. The number of hydrogen-bond acceptors (Lipinski definition) is 1. The van der Waals surface area contributed by atoms with Gasteiger partial charge in [-0.15, -0.1) is 0 Å². The molecule has 2 unspecified atom stereocenters. The lowest BCUT2D eigenvalue weighted by Crippen LogP contribution is -2.52. The first-order valence-corrected chi connectivity index (χ1v) is 4.25. The molecule has 1 heterocycles. The van der Waals surface area contributed by atoms with Crippen LogP contribution in [0, 0.1) is 0 Å². The van der Waals surface area contributed by atoms with Crippen molar-refractivity contribution in [1.82, 2.24) is 5.32 Å². The van der Waals surface area contributed by atoms with Crippen LogP contribution in [0.4, 0.5) is 13.2 Å². The molecule has 1 fully saturated rings. The second-order valence-electron chi connectivity index (χ2n) is 3.45. The van der Waals surface area contributed by atoms with Gasteiger partial charge >= 0.3 is 0 Å². The molecule has 12 heavy (non-hydrogen) atoms. The molecule has 2 atom stereocenters. The van der Waals surface area contributed by atoms with Crippen LogP contribution in [-0.2, 0) is 0 Å². The Morgan fingerprint density at radius 1 is 1.42 bits per heavy atom. The summed E-state index contributed by atoms with van der Waals surface area (Å²) in [5.41, 5.74) is -2.37. The molecule has 1 aliphatic rings. The molecule has 0 amide bonds. The van der Waals surface area contributed by atoms with Crippen LogP contribution >= 0.6 is 0 Å². The minimum Gasteiger partial charge on any atom is -0.311 e. The van der Waals surface area contributed by atoms with E-state index in [-0.39, 0.29) is 0 Å². The van der Waals surface area contributed by atoms with Crippen LogP contribution in [0.15, 0.2) is 0 Å². The zero-order chi connectivity index (χ0) is 9.19. The van der Waals surface area contributed by atoms with E-state index in [0.717, 1.165) is 19.8 Å². The highest BCUT2D eigenvalue weighted by molar-refractivity contribution is 4.92. The molecule has 0 aromatic heterocycles. The molecule has 1 rings (SSSR count). The zero-order valence-electron chi connectivity index (χ0n) is 7.12. The number of piperidine rings is 1. The molecule has 0 aliphatic carbocycles. The van der Waals surface area contributed by atoms with Gasteiger partial charge in [0, 0.05) is 6.04 Å². The van der Waals surface area contributed by atoms with E-state index >= 15 is 0 Å². The van der Waals surface area contributed by atoms with Crippen molar-refractivity contribution < 1.29 is 13.2 Å². The minimum atomic E-state index is -2.90. The molecule has 72 valence electrons. The summed E-state index contributed by atoms with van der Waals surface area (Å²) in [6.45, 7) is 1.62. The van der Waals surface area contributed by atoms with Gasteiger partial charge in [0.05, 0.1) is 0 Å². The van der Waals surface area contributed by atoms with Crippen LogP contribution in [0.1, 0.15) is 26.2 Å². The second-order valence-corrected chi connectivity index (χ2v) is 3.45. The zero-order valence-corrected chi connectivity index (χ0v) is 7.12.